The summed E-state index contributed by atoms with van der Waals surface area (Å²) in [6.45, 7) is 8.99. The summed E-state index contributed by atoms with van der Waals surface area (Å²) in [7, 11) is 0. The molecular formula is C41H47N9O2S4. The number of aromatic nitrogens is 3. The third-order valence-corrected chi connectivity index (χ3v) is 10.6. The number of fused-ring (bicyclic) bond motifs is 1. The lowest BCUT2D eigenvalue weighted by Crippen LogP contribution is -2.27. The molecule has 3 aromatic carbocycles. The number of aryl methyl sites for hydroxylation is 2. The molecule has 56 heavy (non-hydrogen) atoms. The van der Waals surface area contributed by atoms with Crippen LogP contribution < -0.4 is 30.7 Å². The average Bonchev–Trinajstić information content (AvgIpc) is 3.82. The minimum atomic E-state index is -0.212. The van der Waals surface area contributed by atoms with Crippen LogP contribution in [0.4, 0.5) is 16.0 Å². The number of allylic oxidation sites excluding steroid dienone is 2. The van der Waals surface area contributed by atoms with Crippen molar-refractivity contribution in [3.8, 4) is 0 Å². The maximum Gasteiger partial charge on any atom is 0.280 e. The van der Waals surface area contributed by atoms with Crippen LogP contribution in [0.2, 0.25) is 0 Å². The molecule has 0 radical (unpaired) electrons. The Morgan fingerprint density at radius 3 is 1.84 bits per heavy atom. The van der Waals surface area contributed by atoms with Gasteiger partial charge in [-0.25, -0.2) is 9.97 Å². The maximum atomic E-state index is 12.4. The maximum absolute atomic E-state index is 12.4. The molecule has 6 N–H and O–H groups in total. The Bertz CT molecular complexity index is 2220. The van der Waals surface area contributed by atoms with E-state index in [0.717, 1.165) is 42.6 Å². The molecule has 0 fully saturated rings. The number of amides is 2. The normalized spacial score (nSPS) is 10.9. The Morgan fingerprint density at radius 2 is 1.27 bits per heavy atom. The van der Waals surface area contributed by atoms with Gasteiger partial charge < -0.3 is 16.4 Å². The predicted molar refractivity (Wildman–Crippen MR) is 239 cm³/mol. The van der Waals surface area contributed by atoms with E-state index in [1.54, 1.807) is 18.4 Å². The zero-order valence-electron chi connectivity index (χ0n) is 32.2. The number of anilines is 3. The van der Waals surface area contributed by atoms with Crippen molar-refractivity contribution in [2.75, 3.05) is 22.3 Å². The lowest BCUT2D eigenvalue weighted by atomic mass is 10.1. The molecule has 0 bridgehead atoms. The van der Waals surface area contributed by atoms with Gasteiger partial charge in [0.25, 0.3) is 11.8 Å². The number of carbonyl (C=O) groups excluding carboxylic acids is 2. The molecule has 3 heterocycles. The van der Waals surface area contributed by atoms with E-state index in [-0.39, 0.29) is 11.8 Å². The minimum absolute atomic E-state index is 0.170. The van der Waals surface area contributed by atoms with Crippen molar-refractivity contribution < 1.29 is 9.59 Å². The van der Waals surface area contributed by atoms with Crippen LogP contribution in [0.25, 0.3) is 10.9 Å². The van der Waals surface area contributed by atoms with Gasteiger partial charge >= 0.3 is 0 Å². The number of nitrogens with two attached hydrogens (primary N) is 2. The summed E-state index contributed by atoms with van der Waals surface area (Å²) >= 11 is 5.47. The molecule has 11 nitrogen and oxygen atoms in total. The van der Waals surface area contributed by atoms with Crippen LogP contribution in [-0.2, 0) is 13.1 Å². The van der Waals surface area contributed by atoms with E-state index in [4.69, 9.17) is 16.5 Å². The molecule has 0 aliphatic rings. The molecule has 3 aromatic heterocycles. The zero-order valence-corrected chi connectivity index (χ0v) is 35.5. The van der Waals surface area contributed by atoms with E-state index in [1.165, 1.54) is 52.8 Å². The molecule has 15 heteroatoms. The highest BCUT2D eigenvalue weighted by atomic mass is 32.2. The molecule has 0 unspecified atom stereocenters. The van der Waals surface area contributed by atoms with E-state index in [0.29, 0.717) is 35.4 Å². The third-order valence-electron chi connectivity index (χ3n) is 7.83. The van der Waals surface area contributed by atoms with Gasteiger partial charge in [0.1, 0.15) is 17.2 Å². The van der Waals surface area contributed by atoms with Crippen molar-refractivity contribution >= 4 is 85.2 Å². The fourth-order valence-electron chi connectivity index (χ4n) is 5.32. The first-order valence-corrected chi connectivity index (χ1v) is 21.7. The van der Waals surface area contributed by atoms with Crippen LogP contribution in [0.5, 0.6) is 0 Å². The van der Waals surface area contributed by atoms with Crippen LogP contribution in [0.15, 0.2) is 121 Å². The second kappa shape index (κ2) is 22.3. The average molecular weight is 826 g/mol. The fourth-order valence-corrected chi connectivity index (χ4v) is 7.73. The van der Waals surface area contributed by atoms with E-state index >= 15 is 0 Å². The number of para-hydroxylation sites is 1. The number of nitrogens with zero attached hydrogens (tertiary/aromatic N) is 5. The molecular weight excluding hydrogens is 779 g/mol. The molecule has 0 atom stereocenters. The van der Waals surface area contributed by atoms with Gasteiger partial charge in [0.15, 0.2) is 10.3 Å². The van der Waals surface area contributed by atoms with Crippen molar-refractivity contribution in [3.63, 3.8) is 0 Å². The number of rotatable bonds is 13. The van der Waals surface area contributed by atoms with Crippen molar-refractivity contribution in [3.05, 3.63) is 154 Å². The van der Waals surface area contributed by atoms with Crippen molar-refractivity contribution in [1.29, 1.82) is 0 Å². The number of carbonyl (C=O) groups is 2. The first-order valence-electron chi connectivity index (χ1n) is 17.7. The lowest BCUT2D eigenvalue weighted by Gasteiger charge is -2.23. The van der Waals surface area contributed by atoms with E-state index < -0.39 is 0 Å². The van der Waals surface area contributed by atoms with Crippen LogP contribution >= 0.6 is 46.6 Å². The SMILES string of the molecule is CC.CSNC(=O)c1nc(N(Cc2ccccc2)/C(N)=C/C=C\N)sc1C.CSNC(=O)c1nc(N(Cc2ccccc2)c2ccnc3ccccc23)sc1C. The number of thiazole rings is 2. The van der Waals surface area contributed by atoms with Crippen molar-refractivity contribution in [1.82, 2.24) is 24.4 Å². The molecule has 6 aromatic rings. The van der Waals surface area contributed by atoms with Gasteiger partial charge in [0.05, 0.1) is 24.3 Å². The second-order valence-electron chi connectivity index (χ2n) is 11.5. The van der Waals surface area contributed by atoms with Crippen molar-refractivity contribution in [2.24, 2.45) is 11.5 Å². The Labute approximate surface area is 345 Å². The topological polar surface area (TPSA) is 155 Å². The summed E-state index contributed by atoms with van der Waals surface area (Å²) in [5.74, 6) is 0.115. The Hall–Kier alpha value is -5.35. The second-order valence-corrected chi connectivity index (χ2v) is 15.1. The lowest BCUT2D eigenvalue weighted by molar-refractivity contribution is 0.0971. The van der Waals surface area contributed by atoms with Gasteiger partial charge in [-0.1, -0.05) is 117 Å². The van der Waals surface area contributed by atoms with Gasteiger partial charge in [0.2, 0.25) is 0 Å². The number of benzene rings is 3. The number of hydrogen-bond donors (Lipinski definition) is 4. The highest BCUT2D eigenvalue weighted by Crippen LogP contribution is 2.36. The Morgan fingerprint density at radius 1 is 0.750 bits per heavy atom. The minimum Gasteiger partial charge on any atom is -0.405 e. The fraction of sp³-hybridized carbons (Fsp3) is 0.195. The van der Waals surface area contributed by atoms with Gasteiger partial charge in [-0.2, -0.15) is 0 Å². The van der Waals surface area contributed by atoms with Crippen LogP contribution in [0, 0.1) is 13.8 Å². The highest BCUT2D eigenvalue weighted by Gasteiger charge is 2.23. The summed E-state index contributed by atoms with van der Waals surface area (Å²) in [6.07, 6.45) is 10.2. The van der Waals surface area contributed by atoms with Crippen molar-refractivity contribution in [2.45, 2.75) is 40.8 Å². The van der Waals surface area contributed by atoms with E-state index in [1.807, 2.05) is 118 Å². The third kappa shape index (κ3) is 11.6. The van der Waals surface area contributed by atoms with E-state index in [2.05, 4.69) is 42.5 Å². The number of pyridine rings is 1. The van der Waals surface area contributed by atoms with Crippen LogP contribution in [-0.4, -0.2) is 39.3 Å². The van der Waals surface area contributed by atoms with Crippen LogP contribution in [0.3, 0.4) is 0 Å². The molecule has 292 valence electrons. The predicted octanol–water partition coefficient (Wildman–Crippen LogP) is 9.11. The smallest absolute Gasteiger partial charge is 0.280 e. The molecule has 0 spiro atoms. The summed E-state index contributed by atoms with van der Waals surface area (Å²) in [5, 5.41) is 2.50. The van der Waals surface area contributed by atoms with Gasteiger partial charge in [-0.05, 0) is 55.5 Å². The Kier molecular flexibility index (Phi) is 17.2. The van der Waals surface area contributed by atoms with E-state index in [9.17, 15) is 9.59 Å². The first kappa shape index (κ1) is 43.4. The monoisotopic (exact) mass is 825 g/mol. The standard InChI is InChI=1S/C22H20N4OS2.C17H21N5OS2.C2H6/c1-15-20(21(27)25-28-2)24-22(29-15)26(14-16-8-4-3-5-9-16)19-12-13-23-18-11-7-6-10-17(18)19;1-12-15(16(23)21-24-2)20-17(25-12)22(14(19)9-6-10-18)11-13-7-4-3-5-8-13;1-2/h3-13H,14H2,1-2H3,(H,25,27);3-10H,11,18-19H2,1-2H3,(H,21,23);1-2H3/b;10-6-,14-9+;. The molecule has 2 amide bonds. The summed E-state index contributed by atoms with van der Waals surface area (Å²) in [6, 6.07) is 30.3. The molecule has 0 saturated carbocycles. The van der Waals surface area contributed by atoms with Gasteiger partial charge in [-0.3, -0.25) is 28.9 Å². The molecule has 6 rings (SSSR count). The quantitative estimate of drug-likeness (QED) is 0.0651. The molecule has 0 aliphatic carbocycles. The van der Waals surface area contributed by atoms with Gasteiger partial charge in [-0.15, -0.1) is 22.7 Å². The van der Waals surface area contributed by atoms with Gasteiger partial charge in [0, 0.05) is 33.8 Å². The number of hydrogen-bond acceptors (Lipinski definition) is 13. The largest absolute Gasteiger partial charge is 0.405 e. The Balaban J connectivity index is 0.000000241. The number of nitrogens with one attached hydrogen (secondary N) is 2. The molecule has 0 saturated heterocycles. The summed E-state index contributed by atoms with van der Waals surface area (Å²) in [5.41, 5.74) is 16.7. The first-order chi connectivity index (χ1) is 27.2. The zero-order chi connectivity index (χ0) is 40.5. The molecule has 0 aliphatic heterocycles. The summed E-state index contributed by atoms with van der Waals surface area (Å²) < 4.78 is 5.47. The highest BCUT2D eigenvalue weighted by molar-refractivity contribution is 7.97. The summed E-state index contributed by atoms with van der Waals surface area (Å²) in [4.78, 5) is 44.0. The van der Waals surface area contributed by atoms with Crippen LogP contribution in [0.1, 0.15) is 55.7 Å².